The lowest BCUT2D eigenvalue weighted by atomic mass is 10.1. The predicted molar refractivity (Wildman–Crippen MR) is 116 cm³/mol. The van der Waals surface area contributed by atoms with E-state index in [1.807, 2.05) is 40.2 Å². The van der Waals surface area contributed by atoms with Crippen molar-refractivity contribution in [3.05, 3.63) is 76.4 Å². The summed E-state index contributed by atoms with van der Waals surface area (Å²) in [6, 6.07) is 12.6. The lowest BCUT2D eigenvalue weighted by Crippen LogP contribution is -1.97. The van der Waals surface area contributed by atoms with Crippen molar-refractivity contribution in [2.24, 2.45) is 0 Å². The average Bonchev–Trinajstić information content (AvgIpc) is 3.33. The quantitative estimate of drug-likeness (QED) is 0.297. The Kier molecular flexibility index (Phi) is 5.38. The van der Waals surface area contributed by atoms with Gasteiger partial charge in [-0.1, -0.05) is 23.7 Å². The molecule has 0 aliphatic rings. The molecule has 0 fully saturated rings. The Balaban J connectivity index is 1.71. The zero-order chi connectivity index (χ0) is 20.4. The molecule has 146 valence electrons. The molecule has 5 nitrogen and oxygen atoms in total. The van der Waals surface area contributed by atoms with E-state index in [0.717, 1.165) is 21.9 Å². The van der Waals surface area contributed by atoms with Crippen LogP contribution in [0.15, 0.2) is 60.1 Å². The monoisotopic (exact) mass is 424 g/mol. The molecule has 0 aliphatic carbocycles. The minimum atomic E-state index is -0.141. The number of methoxy groups -OCH3 is 2. The number of fused-ring (bicyclic) bond motifs is 1. The van der Waals surface area contributed by atoms with Gasteiger partial charge in [0.2, 0.25) is 0 Å². The number of nitrogens with zero attached hydrogens (tertiary/aromatic N) is 2. The fraction of sp³-hybridized carbons (Fsp3) is 0.0909. The van der Waals surface area contributed by atoms with Gasteiger partial charge in [-0.05, 0) is 42.5 Å². The van der Waals surface area contributed by atoms with Crippen LogP contribution in [0.5, 0.6) is 11.5 Å². The van der Waals surface area contributed by atoms with E-state index in [1.165, 1.54) is 11.3 Å². The summed E-state index contributed by atoms with van der Waals surface area (Å²) in [4.78, 5) is 18.3. The molecule has 0 atom stereocenters. The van der Waals surface area contributed by atoms with Crippen LogP contribution in [0, 0.1) is 0 Å². The molecule has 4 aromatic rings. The summed E-state index contributed by atoms with van der Waals surface area (Å²) < 4.78 is 12.5. The highest BCUT2D eigenvalue weighted by Crippen LogP contribution is 2.30. The first-order valence-corrected chi connectivity index (χ1v) is 10.0. The number of carbonyl (C=O) groups is 1. The van der Waals surface area contributed by atoms with E-state index in [-0.39, 0.29) is 5.78 Å². The van der Waals surface area contributed by atoms with Crippen LogP contribution < -0.4 is 9.47 Å². The number of ketones is 1. The third-order valence-corrected chi connectivity index (χ3v) is 5.49. The summed E-state index contributed by atoms with van der Waals surface area (Å²) in [6.45, 7) is 0. The maximum atomic E-state index is 12.7. The van der Waals surface area contributed by atoms with Gasteiger partial charge < -0.3 is 9.47 Å². The second-order valence-corrected chi connectivity index (χ2v) is 7.48. The molecule has 29 heavy (non-hydrogen) atoms. The Morgan fingerprint density at radius 3 is 2.59 bits per heavy atom. The summed E-state index contributed by atoms with van der Waals surface area (Å²) in [5.41, 5.74) is 3.07. The molecular weight excluding hydrogens is 408 g/mol. The van der Waals surface area contributed by atoms with Crippen molar-refractivity contribution >= 4 is 39.8 Å². The van der Waals surface area contributed by atoms with Gasteiger partial charge in [-0.15, -0.1) is 11.3 Å². The van der Waals surface area contributed by atoms with Crippen LogP contribution >= 0.6 is 22.9 Å². The molecule has 0 unspecified atom stereocenters. The Hall–Kier alpha value is -3.09. The smallest absolute Gasteiger partial charge is 0.194 e. The predicted octanol–water partition coefficient (Wildman–Crippen LogP) is 5.63. The topological polar surface area (TPSA) is 52.8 Å². The van der Waals surface area contributed by atoms with Crippen LogP contribution in [0.3, 0.4) is 0 Å². The Morgan fingerprint density at radius 2 is 1.86 bits per heavy atom. The highest BCUT2D eigenvalue weighted by molar-refractivity contribution is 7.15. The van der Waals surface area contributed by atoms with Gasteiger partial charge in [-0.25, -0.2) is 4.98 Å². The summed E-state index contributed by atoms with van der Waals surface area (Å²) in [7, 11) is 3.10. The van der Waals surface area contributed by atoms with Crippen LogP contribution in [0.25, 0.3) is 22.3 Å². The number of benzene rings is 2. The van der Waals surface area contributed by atoms with Crippen LogP contribution in [0.2, 0.25) is 5.02 Å². The molecule has 0 spiro atoms. The third-order valence-electron chi connectivity index (χ3n) is 4.48. The van der Waals surface area contributed by atoms with E-state index >= 15 is 0 Å². The van der Waals surface area contributed by atoms with Crippen molar-refractivity contribution in [2.45, 2.75) is 0 Å². The van der Waals surface area contributed by atoms with Crippen molar-refractivity contribution in [1.29, 1.82) is 0 Å². The largest absolute Gasteiger partial charge is 0.493 e. The van der Waals surface area contributed by atoms with Gasteiger partial charge >= 0.3 is 0 Å². The molecule has 0 amide bonds. The first-order chi connectivity index (χ1) is 14.1. The van der Waals surface area contributed by atoms with Gasteiger partial charge in [-0.2, -0.15) is 0 Å². The second kappa shape index (κ2) is 8.11. The number of ether oxygens (including phenoxy) is 2. The van der Waals surface area contributed by atoms with Crippen molar-refractivity contribution in [3.63, 3.8) is 0 Å². The summed E-state index contributed by atoms with van der Waals surface area (Å²) >= 11 is 7.55. The zero-order valence-corrected chi connectivity index (χ0v) is 17.3. The van der Waals surface area contributed by atoms with E-state index in [0.29, 0.717) is 22.1 Å². The van der Waals surface area contributed by atoms with E-state index in [4.69, 9.17) is 26.1 Å². The van der Waals surface area contributed by atoms with Crippen molar-refractivity contribution in [3.8, 4) is 22.8 Å². The van der Waals surface area contributed by atoms with Gasteiger partial charge in [0.25, 0.3) is 0 Å². The molecule has 0 N–H and O–H groups in total. The first kappa shape index (κ1) is 19.2. The number of hydrogen-bond acceptors (Lipinski definition) is 5. The lowest BCUT2D eigenvalue weighted by molar-refractivity contribution is 0.104. The normalized spacial score (nSPS) is 11.3. The van der Waals surface area contributed by atoms with E-state index in [2.05, 4.69) is 0 Å². The standard InChI is InChI=1S/C22H17ClN2O3S/c1-27-19-10-5-15(13-20(19)28-2)18(26)9-8-17-21(14-3-6-16(23)7-4-14)24-22-25(17)11-12-29-22/h3-13H,1-2H3/b9-8+. The molecule has 7 heteroatoms. The Morgan fingerprint density at radius 1 is 1.10 bits per heavy atom. The number of rotatable bonds is 6. The van der Waals surface area contributed by atoms with Crippen LogP contribution in [-0.2, 0) is 0 Å². The van der Waals surface area contributed by atoms with Crippen molar-refractivity contribution in [1.82, 2.24) is 9.38 Å². The molecule has 0 saturated heterocycles. The molecule has 2 aromatic carbocycles. The SMILES string of the molecule is COc1ccc(C(=O)/C=C/c2c(-c3ccc(Cl)cc3)nc3sccn23)cc1OC. The molecule has 2 aromatic heterocycles. The maximum absolute atomic E-state index is 12.7. The highest BCUT2D eigenvalue weighted by atomic mass is 35.5. The fourth-order valence-electron chi connectivity index (χ4n) is 3.02. The number of allylic oxidation sites excluding steroid dienone is 1. The lowest BCUT2D eigenvalue weighted by Gasteiger charge is -2.08. The summed E-state index contributed by atoms with van der Waals surface area (Å²) in [6.07, 6.45) is 5.27. The molecule has 0 saturated carbocycles. The number of aromatic nitrogens is 2. The van der Waals surface area contributed by atoms with Crippen molar-refractivity contribution in [2.75, 3.05) is 14.2 Å². The van der Waals surface area contributed by atoms with Gasteiger partial charge in [0, 0.05) is 27.7 Å². The minimum absolute atomic E-state index is 0.141. The molecule has 2 heterocycles. The van der Waals surface area contributed by atoms with Gasteiger partial charge in [0.15, 0.2) is 22.2 Å². The van der Waals surface area contributed by atoms with Crippen LogP contribution in [0.1, 0.15) is 16.1 Å². The second-order valence-electron chi connectivity index (χ2n) is 6.18. The highest BCUT2D eigenvalue weighted by Gasteiger charge is 2.14. The maximum Gasteiger partial charge on any atom is 0.194 e. The van der Waals surface area contributed by atoms with Gasteiger partial charge in [-0.3, -0.25) is 9.20 Å². The number of thiazole rings is 1. The number of hydrogen-bond donors (Lipinski definition) is 0. The number of imidazole rings is 1. The van der Waals surface area contributed by atoms with E-state index < -0.39 is 0 Å². The third kappa shape index (κ3) is 3.77. The molecular formula is C22H17ClN2O3S. The van der Waals surface area contributed by atoms with Gasteiger partial charge in [0.1, 0.15) is 0 Å². The van der Waals surface area contributed by atoms with Gasteiger partial charge in [0.05, 0.1) is 25.6 Å². The Bertz CT molecular complexity index is 1210. The molecule has 0 bridgehead atoms. The Labute approximate surface area is 176 Å². The molecule has 0 aliphatic heterocycles. The molecule has 4 rings (SSSR count). The van der Waals surface area contributed by atoms with Crippen molar-refractivity contribution < 1.29 is 14.3 Å². The fourth-order valence-corrected chi connectivity index (χ4v) is 3.87. The molecule has 0 radical (unpaired) electrons. The first-order valence-electron chi connectivity index (χ1n) is 8.76. The van der Waals surface area contributed by atoms with E-state index in [9.17, 15) is 4.79 Å². The van der Waals surface area contributed by atoms with Crippen LogP contribution in [-0.4, -0.2) is 29.4 Å². The summed E-state index contributed by atoms with van der Waals surface area (Å²) in [5.74, 6) is 0.949. The minimum Gasteiger partial charge on any atom is -0.493 e. The number of halogens is 1. The average molecular weight is 425 g/mol. The van der Waals surface area contributed by atoms with E-state index in [1.54, 1.807) is 44.6 Å². The van der Waals surface area contributed by atoms with Crippen LogP contribution in [0.4, 0.5) is 0 Å². The summed E-state index contributed by atoms with van der Waals surface area (Å²) in [5, 5.41) is 2.62. The number of carbonyl (C=O) groups excluding carboxylic acids is 1. The zero-order valence-electron chi connectivity index (χ0n) is 15.8.